The van der Waals surface area contributed by atoms with Crippen LogP contribution in [0.2, 0.25) is 0 Å². The molecule has 0 heterocycles. The molecule has 0 spiro atoms. The molecule has 7 heteroatoms. The van der Waals surface area contributed by atoms with E-state index in [4.69, 9.17) is 0 Å². The molecule has 0 aromatic heterocycles. The van der Waals surface area contributed by atoms with Gasteiger partial charge in [0.25, 0.3) is 0 Å². The molecule has 24 heavy (non-hydrogen) atoms. The van der Waals surface area contributed by atoms with Gasteiger partial charge in [0.05, 0.1) is 17.7 Å². The Balaban J connectivity index is 2.79. The van der Waals surface area contributed by atoms with Crippen LogP contribution in [0.25, 0.3) is 0 Å². The van der Waals surface area contributed by atoms with Crippen molar-refractivity contribution in [1.82, 2.24) is 10.6 Å². The number of halogens is 3. The van der Waals surface area contributed by atoms with Gasteiger partial charge in [0.1, 0.15) is 0 Å². The van der Waals surface area contributed by atoms with Crippen molar-refractivity contribution in [2.24, 2.45) is 4.99 Å². The molecular formula is C17H26F3N3O. The van der Waals surface area contributed by atoms with Gasteiger partial charge < -0.3 is 15.7 Å². The maximum Gasteiger partial charge on any atom is 0.416 e. The summed E-state index contributed by atoms with van der Waals surface area (Å²) in [5.74, 6) is 0.468. The fraction of sp³-hybridized carbons (Fsp3) is 0.588. The lowest BCUT2D eigenvalue weighted by molar-refractivity contribution is -0.137. The van der Waals surface area contributed by atoms with Gasteiger partial charge in [-0.15, -0.1) is 0 Å². The third-order valence-electron chi connectivity index (χ3n) is 3.92. The van der Waals surface area contributed by atoms with Gasteiger partial charge in [-0.05, 0) is 37.5 Å². The van der Waals surface area contributed by atoms with Crippen LogP contribution in [-0.4, -0.2) is 29.8 Å². The molecule has 0 aliphatic rings. The SMILES string of the molecule is CCNC(=NCc1cccc(C(F)(F)F)c1)NCC(O)(CC)CC. The molecule has 0 aliphatic carbocycles. The maximum absolute atomic E-state index is 12.7. The first kappa shape index (κ1) is 20.3. The Kier molecular flexibility index (Phi) is 7.54. The van der Waals surface area contributed by atoms with Crippen molar-refractivity contribution in [1.29, 1.82) is 0 Å². The monoisotopic (exact) mass is 345 g/mol. The molecule has 0 fully saturated rings. The second-order valence-corrected chi connectivity index (χ2v) is 5.68. The highest BCUT2D eigenvalue weighted by atomic mass is 19.4. The Morgan fingerprint density at radius 3 is 2.33 bits per heavy atom. The van der Waals surface area contributed by atoms with E-state index in [2.05, 4.69) is 15.6 Å². The van der Waals surface area contributed by atoms with Crippen molar-refractivity contribution >= 4 is 5.96 Å². The van der Waals surface area contributed by atoms with E-state index in [0.29, 0.717) is 37.5 Å². The number of rotatable bonds is 7. The zero-order valence-corrected chi connectivity index (χ0v) is 14.4. The van der Waals surface area contributed by atoms with Crippen LogP contribution in [0.4, 0.5) is 13.2 Å². The Labute approximate surface area is 141 Å². The average Bonchev–Trinajstić information content (AvgIpc) is 2.56. The molecular weight excluding hydrogens is 319 g/mol. The Hall–Kier alpha value is -1.76. The van der Waals surface area contributed by atoms with Gasteiger partial charge in [-0.2, -0.15) is 13.2 Å². The molecule has 3 N–H and O–H groups in total. The molecule has 136 valence electrons. The van der Waals surface area contributed by atoms with E-state index in [1.54, 1.807) is 6.07 Å². The minimum Gasteiger partial charge on any atom is -0.388 e. The van der Waals surface area contributed by atoms with Crippen LogP contribution in [0, 0.1) is 0 Å². The van der Waals surface area contributed by atoms with Crippen molar-refractivity contribution in [2.75, 3.05) is 13.1 Å². The number of alkyl halides is 3. The summed E-state index contributed by atoms with van der Waals surface area (Å²) in [7, 11) is 0. The molecule has 4 nitrogen and oxygen atoms in total. The predicted octanol–water partition coefficient (Wildman–Crippen LogP) is 3.31. The van der Waals surface area contributed by atoms with Crippen LogP contribution >= 0.6 is 0 Å². The van der Waals surface area contributed by atoms with Gasteiger partial charge in [-0.25, -0.2) is 4.99 Å². The van der Waals surface area contributed by atoms with E-state index in [1.165, 1.54) is 6.07 Å². The minimum atomic E-state index is -4.36. The van der Waals surface area contributed by atoms with E-state index < -0.39 is 17.3 Å². The standard InChI is InChI=1S/C17H26F3N3O/c1-4-16(24,5-2)12-23-15(21-6-3)22-11-13-8-7-9-14(10-13)17(18,19)20/h7-10,24H,4-6,11-12H2,1-3H3,(H2,21,22,23). The van der Waals surface area contributed by atoms with Crippen molar-refractivity contribution in [3.8, 4) is 0 Å². The number of nitrogens with one attached hydrogen (secondary N) is 2. The second kappa shape index (κ2) is 8.92. The highest BCUT2D eigenvalue weighted by Crippen LogP contribution is 2.29. The normalized spacial score (nSPS) is 13.0. The summed E-state index contributed by atoms with van der Waals surface area (Å²) in [5.41, 5.74) is -1.03. The van der Waals surface area contributed by atoms with Gasteiger partial charge >= 0.3 is 6.18 Å². The molecule has 0 saturated carbocycles. The summed E-state index contributed by atoms with van der Waals surface area (Å²) in [6.07, 6.45) is -3.16. The summed E-state index contributed by atoms with van der Waals surface area (Å²) in [5, 5.41) is 16.4. The first-order valence-corrected chi connectivity index (χ1v) is 8.14. The molecule has 1 aromatic rings. The lowest BCUT2D eigenvalue weighted by Gasteiger charge is -2.26. The van der Waals surface area contributed by atoms with E-state index in [9.17, 15) is 18.3 Å². The Morgan fingerprint density at radius 1 is 1.12 bits per heavy atom. The zero-order chi connectivity index (χ0) is 18.2. The number of benzene rings is 1. The predicted molar refractivity (Wildman–Crippen MR) is 89.8 cm³/mol. The van der Waals surface area contributed by atoms with E-state index in [-0.39, 0.29) is 6.54 Å². The van der Waals surface area contributed by atoms with Crippen LogP contribution in [0.1, 0.15) is 44.7 Å². The molecule has 0 bridgehead atoms. The zero-order valence-electron chi connectivity index (χ0n) is 14.4. The van der Waals surface area contributed by atoms with Crippen LogP contribution in [0.3, 0.4) is 0 Å². The number of hydrogen-bond acceptors (Lipinski definition) is 2. The third-order valence-corrected chi connectivity index (χ3v) is 3.92. The number of nitrogens with zero attached hydrogens (tertiary/aromatic N) is 1. The first-order valence-electron chi connectivity index (χ1n) is 8.14. The average molecular weight is 345 g/mol. The molecule has 1 aromatic carbocycles. The fourth-order valence-electron chi connectivity index (χ4n) is 2.11. The molecule has 0 unspecified atom stereocenters. The summed E-state index contributed by atoms with van der Waals surface area (Å²) in [6, 6.07) is 5.12. The molecule has 0 amide bonds. The fourth-order valence-corrected chi connectivity index (χ4v) is 2.11. The first-order chi connectivity index (χ1) is 11.2. The largest absolute Gasteiger partial charge is 0.416 e. The molecule has 0 aliphatic heterocycles. The lowest BCUT2D eigenvalue weighted by Crippen LogP contribution is -2.46. The maximum atomic E-state index is 12.7. The Morgan fingerprint density at radius 2 is 1.79 bits per heavy atom. The third kappa shape index (κ3) is 6.39. The highest BCUT2D eigenvalue weighted by Gasteiger charge is 2.30. The van der Waals surface area contributed by atoms with E-state index in [1.807, 2.05) is 20.8 Å². The highest BCUT2D eigenvalue weighted by molar-refractivity contribution is 5.79. The number of guanidine groups is 1. The minimum absolute atomic E-state index is 0.121. The summed E-state index contributed by atoms with van der Waals surface area (Å²) < 4.78 is 38.2. The topological polar surface area (TPSA) is 56.7 Å². The van der Waals surface area contributed by atoms with Gasteiger partial charge in [-0.1, -0.05) is 26.0 Å². The molecule has 0 saturated heterocycles. The van der Waals surface area contributed by atoms with E-state index in [0.717, 1.165) is 12.1 Å². The number of aliphatic imine (C=N–C) groups is 1. The van der Waals surface area contributed by atoms with Crippen molar-refractivity contribution in [3.05, 3.63) is 35.4 Å². The summed E-state index contributed by atoms with van der Waals surface area (Å²) in [6.45, 7) is 6.76. The lowest BCUT2D eigenvalue weighted by atomic mass is 9.98. The van der Waals surface area contributed by atoms with Gasteiger partial charge in [-0.3, -0.25) is 0 Å². The second-order valence-electron chi connectivity index (χ2n) is 5.68. The van der Waals surface area contributed by atoms with Crippen molar-refractivity contribution in [2.45, 2.75) is 51.9 Å². The molecule has 0 radical (unpaired) electrons. The van der Waals surface area contributed by atoms with Crippen LogP contribution in [-0.2, 0) is 12.7 Å². The molecule has 0 atom stereocenters. The van der Waals surface area contributed by atoms with Crippen LogP contribution in [0.15, 0.2) is 29.3 Å². The number of hydrogen-bond donors (Lipinski definition) is 3. The quantitative estimate of drug-likeness (QED) is 0.525. The van der Waals surface area contributed by atoms with Crippen LogP contribution in [0.5, 0.6) is 0 Å². The van der Waals surface area contributed by atoms with Crippen molar-refractivity contribution < 1.29 is 18.3 Å². The van der Waals surface area contributed by atoms with Crippen LogP contribution < -0.4 is 10.6 Å². The Bertz CT molecular complexity index is 540. The van der Waals surface area contributed by atoms with Crippen molar-refractivity contribution in [3.63, 3.8) is 0 Å². The smallest absolute Gasteiger partial charge is 0.388 e. The summed E-state index contributed by atoms with van der Waals surface area (Å²) in [4.78, 5) is 4.29. The van der Waals surface area contributed by atoms with E-state index >= 15 is 0 Å². The summed E-state index contributed by atoms with van der Waals surface area (Å²) >= 11 is 0. The van der Waals surface area contributed by atoms with Gasteiger partial charge in [0.2, 0.25) is 0 Å². The number of aliphatic hydroxyl groups is 1. The van der Waals surface area contributed by atoms with Gasteiger partial charge in [0.15, 0.2) is 5.96 Å². The molecule has 1 rings (SSSR count). The van der Waals surface area contributed by atoms with Gasteiger partial charge in [0, 0.05) is 13.1 Å².